The van der Waals surface area contributed by atoms with Crippen LogP contribution in [0, 0.1) is 12.8 Å². The van der Waals surface area contributed by atoms with Gasteiger partial charge in [-0.1, -0.05) is 13.8 Å². The van der Waals surface area contributed by atoms with Crippen LogP contribution in [0.5, 0.6) is 0 Å². The summed E-state index contributed by atoms with van der Waals surface area (Å²) in [5, 5.41) is 3.26. The van der Waals surface area contributed by atoms with E-state index in [0.717, 1.165) is 34.5 Å². The molecular weight excluding hydrogens is 330 g/mol. The molecule has 6 heteroatoms. The van der Waals surface area contributed by atoms with E-state index >= 15 is 0 Å². The van der Waals surface area contributed by atoms with Crippen molar-refractivity contribution in [1.29, 1.82) is 0 Å². The largest absolute Gasteiger partial charge is 0.369 e. The number of aromatic nitrogens is 4. The summed E-state index contributed by atoms with van der Waals surface area (Å²) >= 11 is 3.60. The van der Waals surface area contributed by atoms with Crippen LogP contribution >= 0.6 is 15.9 Å². The summed E-state index contributed by atoms with van der Waals surface area (Å²) in [6.45, 7) is 9.14. The molecule has 0 amide bonds. The van der Waals surface area contributed by atoms with Crippen molar-refractivity contribution in [2.24, 2.45) is 5.92 Å². The van der Waals surface area contributed by atoms with E-state index < -0.39 is 0 Å². The van der Waals surface area contributed by atoms with Crippen LogP contribution in [-0.2, 0) is 6.42 Å². The van der Waals surface area contributed by atoms with Crippen molar-refractivity contribution in [3.05, 3.63) is 28.1 Å². The fourth-order valence-electron chi connectivity index (χ4n) is 1.91. The molecule has 2 aromatic rings. The first-order chi connectivity index (χ1) is 10.0. The molecule has 0 fully saturated rings. The number of anilines is 1. The number of hydrogen-bond acceptors (Lipinski definition) is 5. The minimum Gasteiger partial charge on any atom is -0.369 e. The van der Waals surface area contributed by atoms with E-state index in [1.54, 1.807) is 12.4 Å². The zero-order valence-corrected chi connectivity index (χ0v) is 14.4. The average molecular weight is 350 g/mol. The molecule has 0 unspecified atom stereocenters. The maximum atomic E-state index is 4.63. The molecule has 0 bridgehead atoms. The lowest BCUT2D eigenvalue weighted by atomic mass is 10.1. The van der Waals surface area contributed by atoms with Crippen molar-refractivity contribution in [1.82, 2.24) is 19.9 Å². The summed E-state index contributed by atoms with van der Waals surface area (Å²) in [6.07, 6.45) is 4.44. The van der Waals surface area contributed by atoms with E-state index in [1.165, 1.54) is 0 Å². The van der Waals surface area contributed by atoms with Gasteiger partial charge in [0.2, 0.25) is 0 Å². The Balaban J connectivity index is 2.49. The van der Waals surface area contributed by atoms with Crippen molar-refractivity contribution < 1.29 is 0 Å². The second-order valence-corrected chi connectivity index (χ2v) is 6.16. The molecule has 2 heterocycles. The highest BCUT2D eigenvalue weighted by molar-refractivity contribution is 9.10. The number of aryl methyl sites for hydroxylation is 1. The third-order valence-corrected chi connectivity index (χ3v) is 3.68. The summed E-state index contributed by atoms with van der Waals surface area (Å²) in [5.74, 6) is 2.42. The number of nitrogens with one attached hydrogen (secondary N) is 1. The fraction of sp³-hybridized carbons (Fsp3) is 0.467. The Labute approximate surface area is 133 Å². The van der Waals surface area contributed by atoms with Crippen LogP contribution in [0.3, 0.4) is 0 Å². The maximum Gasteiger partial charge on any atom is 0.200 e. The van der Waals surface area contributed by atoms with Crippen LogP contribution in [0.25, 0.3) is 11.6 Å². The van der Waals surface area contributed by atoms with Gasteiger partial charge in [0.1, 0.15) is 5.82 Å². The van der Waals surface area contributed by atoms with E-state index in [2.05, 4.69) is 55.0 Å². The van der Waals surface area contributed by atoms with Crippen LogP contribution in [0.2, 0.25) is 0 Å². The third-order valence-electron chi connectivity index (χ3n) is 2.85. The van der Waals surface area contributed by atoms with Crippen molar-refractivity contribution in [3.63, 3.8) is 0 Å². The van der Waals surface area contributed by atoms with Crippen LogP contribution in [0.15, 0.2) is 16.9 Å². The van der Waals surface area contributed by atoms with Gasteiger partial charge in [0.05, 0.1) is 10.2 Å². The molecule has 21 heavy (non-hydrogen) atoms. The normalized spacial score (nSPS) is 11.0. The van der Waals surface area contributed by atoms with Crippen LogP contribution in [0.4, 0.5) is 5.82 Å². The van der Waals surface area contributed by atoms with Gasteiger partial charge in [-0.2, -0.15) is 0 Å². The second-order valence-electron chi connectivity index (χ2n) is 5.37. The van der Waals surface area contributed by atoms with Gasteiger partial charge in [-0.15, -0.1) is 0 Å². The molecule has 0 aromatic carbocycles. The second kappa shape index (κ2) is 6.93. The number of rotatable bonds is 5. The van der Waals surface area contributed by atoms with Crippen molar-refractivity contribution in [2.45, 2.75) is 34.1 Å². The zero-order chi connectivity index (χ0) is 15.4. The Morgan fingerprint density at radius 1 is 1.14 bits per heavy atom. The van der Waals surface area contributed by atoms with E-state index in [1.807, 2.05) is 13.8 Å². The molecule has 0 spiro atoms. The summed E-state index contributed by atoms with van der Waals surface area (Å²) in [6, 6.07) is 0. The molecule has 2 rings (SSSR count). The molecular formula is C15H20BrN5. The standard InChI is InChI=1S/C15H20BrN5/c1-5-17-13-12(16)11(6-9(2)3)20-15(21-13)14-18-7-10(4)8-19-14/h7-9H,5-6H2,1-4H3,(H,17,20,21). The van der Waals surface area contributed by atoms with Crippen LogP contribution < -0.4 is 5.32 Å². The van der Waals surface area contributed by atoms with Crippen molar-refractivity contribution >= 4 is 21.7 Å². The molecule has 0 aliphatic carbocycles. The lowest BCUT2D eigenvalue weighted by Gasteiger charge is -2.13. The quantitative estimate of drug-likeness (QED) is 0.892. The first-order valence-corrected chi connectivity index (χ1v) is 7.89. The Morgan fingerprint density at radius 3 is 2.38 bits per heavy atom. The van der Waals surface area contributed by atoms with E-state index in [0.29, 0.717) is 17.6 Å². The highest BCUT2D eigenvalue weighted by atomic mass is 79.9. The van der Waals surface area contributed by atoms with Crippen molar-refractivity contribution in [2.75, 3.05) is 11.9 Å². The Kier molecular flexibility index (Phi) is 5.22. The summed E-state index contributed by atoms with van der Waals surface area (Å²) in [5.41, 5.74) is 2.00. The van der Waals surface area contributed by atoms with Gasteiger partial charge in [0.15, 0.2) is 11.6 Å². The van der Waals surface area contributed by atoms with Gasteiger partial charge in [-0.3, -0.25) is 0 Å². The third kappa shape index (κ3) is 3.97. The topological polar surface area (TPSA) is 63.6 Å². The SMILES string of the molecule is CCNc1nc(-c2ncc(C)cn2)nc(CC(C)C)c1Br. The first-order valence-electron chi connectivity index (χ1n) is 7.10. The zero-order valence-electron chi connectivity index (χ0n) is 12.8. The molecule has 2 aromatic heterocycles. The van der Waals surface area contributed by atoms with Crippen LogP contribution in [0.1, 0.15) is 32.0 Å². The molecule has 5 nitrogen and oxygen atoms in total. The number of hydrogen-bond donors (Lipinski definition) is 1. The fourth-order valence-corrected chi connectivity index (χ4v) is 2.39. The smallest absolute Gasteiger partial charge is 0.200 e. The number of halogens is 1. The molecule has 0 saturated heterocycles. The van der Waals surface area contributed by atoms with Gasteiger partial charge in [0.25, 0.3) is 0 Å². The van der Waals surface area contributed by atoms with Crippen molar-refractivity contribution in [3.8, 4) is 11.6 Å². The molecule has 0 aliphatic rings. The van der Waals surface area contributed by atoms with Gasteiger partial charge in [-0.05, 0) is 47.7 Å². The lowest BCUT2D eigenvalue weighted by molar-refractivity contribution is 0.632. The Bertz CT molecular complexity index is 610. The molecule has 0 aliphatic heterocycles. The Morgan fingerprint density at radius 2 is 1.81 bits per heavy atom. The molecule has 0 saturated carbocycles. The predicted molar refractivity (Wildman–Crippen MR) is 88.2 cm³/mol. The summed E-state index contributed by atoms with van der Waals surface area (Å²) in [7, 11) is 0. The molecule has 1 N–H and O–H groups in total. The van der Waals surface area contributed by atoms with Crippen LogP contribution in [-0.4, -0.2) is 26.5 Å². The summed E-state index contributed by atoms with van der Waals surface area (Å²) in [4.78, 5) is 17.8. The van der Waals surface area contributed by atoms with Gasteiger partial charge < -0.3 is 5.32 Å². The number of nitrogens with zero attached hydrogens (tertiary/aromatic N) is 4. The minimum atomic E-state index is 0.512. The average Bonchev–Trinajstić information content (AvgIpc) is 2.43. The Hall–Kier alpha value is -1.56. The highest BCUT2D eigenvalue weighted by Crippen LogP contribution is 2.27. The van der Waals surface area contributed by atoms with Gasteiger partial charge in [0, 0.05) is 18.9 Å². The monoisotopic (exact) mass is 349 g/mol. The first kappa shape index (κ1) is 15.8. The van der Waals surface area contributed by atoms with Gasteiger partial charge >= 0.3 is 0 Å². The van der Waals surface area contributed by atoms with Gasteiger partial charge in [-0.25, -0.2) is 19.9 Å². The minimum absolute atomic E-state index is 0.512. The van der Waals surface area contributed by atoms with E-state index in [-0.39, 0.29) is 0 Å². The maximum absolute atomic E-state index is 4.63. The molecule has 0 atom stereocenters. The van der Waals surface area contributed by atoms with E-state index in [9.17, 15) is 0 Å². The molecule has 0 radical (unpaired) electrons. The summed E-state index contributed by atoms with van der Waals surface area (Å²) < 4.78 is 0.925. The van der Waals surface area contributed by atoms with E-state index in [4.69, 9.17) is 0 Å². The predicted octanol–water partition coefficient (Wildman–Crippen LogP) is 3.63. The lowest BCUT2D eigenvalue weighted by Crippen LogP contribution is -2.09. The molecule has 112 valence electrons. The highest BCUT2D eigenvalue weighted by Gasteiger charge is 2.15.